The molecule has 0 saturated carbocycles. The summed E-state index contributed by atoms with van der Waals surface area (Å²) in [7, 11) is 3.24. The molecule has 2 aromatic heterocycles. The number of ether oxygens (including phenoxy) is 2. The molecule has 2 heterocycles. The number of hydrogen-bond donors (Lipinski definition) is 2. The maximum atomic E-state index is 13.6. The summed E-state index contributed by atoms with van der Waals surface area (Å²) < 4.78 is 10.6. The first kappa shape index (κ1) is 29.3. The van der Waals surface area contributed by atoms with Crippen LogP contribution >= 0.6 is 0 Å². The molecule has 0 radical (unpaired) electrons. The van der Waals surface area contributed by atoms with Crippen LogP contribution in [-0.4, -0.2) is 48.6 Å². The second kappa shape index (κ2) is 12.9. The van der Waals surface area contributed by atoms with E-state index in [1.807, 2.05) is 104 Å². The number of para-hydroxylation sites is 2. The Bertz CT molecular complexity index is 2010. The van der Waals surface area contributed by atoms with Crippen molar-refractivity contribution < 1.29 is 19.1 Å². The van der Waals surface area contributed by atoms with Crippen molar-refractivity contribution in [3.8, 4) is 34.0 Å². The Morgan fingerprint density at radius 2 is 1.09 bits per heavy atom. The summed E-state index contributed by atoms with van der Waals surface area (Å²) in [6, 6.07) is 33.5. The maximum absolute atomic E-state index is 13.6. The Balaban J connectivity index is 1.21. The lowest BCUT2D eigenvalue weighted by Crippen LogP contribution is -2.42. The number of pyridine rings is 2. The molecule has 0 unspecified atom stereocenters. The summed E-state index contributed by atoms with van der Waals surface area (Å²) >= 11 is 0. The molecular formula is C37H32N4O4. The number of nitrogens with one attached hydrogen (secondary N) is 2. The van der Waals surface area contributed by atoms with Gasteiger partial charge in [-0.3, -0.25) is 9.59 Å². The predicted octanol–water partition coefficient (Wildman–Crippen LogP) is 6.68. The highest BCUT2D eigenvalue weighted by atomic mass is 16.5. The number of fused-ring (bicyclic) bond motifs is 2. The molecule has 0 aliphatic heterocycles. The van der Waals surface area contributed by atoms with Crippen LogP contribution in [0.5, 0.6) is 11.5 Å². The number of benzene rings is 4. The van der Waals surface area contributed by atoms with Crippen LogP contribution in [0.3, 0.4) is 0 Å². The summed E-state index contributed by atoms with van der Waals surface area (Å²) in [6.07, 6.45) is 0. The van der Waals surface area contributed by atoms with Crippen LogP contribution in [0.4, 0.5) is 0 Å². The van der Waals surface area contributed by atoms with Crippen molar-refractivity contribution in [1.82, 2.24) is 20.6 Å². The van der Waals surface area contributed by atoms with Crippen molar-refractivity contribution in [3.63, 3.8) is 0 Å². The van der Waals surface area contributed by atoms with E-state index in [9.17, 15) is 9.59 Å². The van der Waals surface area contributed by atoms with E-state index in [2.05, 4.69) is 10.6 Å². The molecule has 224 valence electrons. The minimum Gasteiger partial charge on any atom is -0.497 e. The van der Waals surface area contributed by atoms with Crippen molar-refractivity contribution in [3.05, 3.63) is 120 Å². The molecule has 2 N–H and O–H groups in total. The summed E-state index contributed by atoms with van der Waals surface area (Å²) in [5.41, 5.74) is 5.55. The highest BCUT2D eigenvalue weighted by molar-refractivity contribution is 6.08. The molecule has 8 nitrogen and oxygen atoms in total. The van der Waals surface area contributed by atoms with E-state index in [0.29, 0.717) is 28.0 Å². The van der Waals surface area contributed by atoms with Gasteiger partial charge in [-0.15, -0.1) is 0 Å². The SMILES string of the molecule is COc1ccc(-c2cc(C(=O)NC[C@H](C)NC(=O)c3cc(-c4ccc(OC)cc4)nc4ccccc34)c3ccccc3n2)cc1. The molecule has 0 fully saturated rings. The van der Waals surface area contributed by atoms with E-state index < -0.39 is 0 Å². The van der Waals surface area contributed by atoms with Gasteiger partial charge in [-0.1, -0.05) is 36.4 Å². The summed E-state index contributed by atoms with van der Waals surface area (Å²) in [5.74, 6) is 0.984. The van der Waals surface area contributed by atoms with Crippen LogP contribution in [0.15, 0.2) is 109 Å². The first-order chi connectivity index (χ1) is 21.9. The molecule has 6 rings (SSSR count). The molecule has 2 amide bonds. The van der Waals surface area contributed by atoms with Crippen molar-refractivity contribution in [2.24, 2.45) is 0 Å². The van der Waals surface area contributed by atoms with Gasteiger partial charge in [-0.2, -0.15) is 0 Å². The van der Waals surface area contributed by atoms with Crippen LogP contribution in [0.1, 0.15) is 27.6 Å². The van der Waals surface area contributed by atoms with Crippen molar-refractivity contribution in [2.75, 3.05) is 20.8 Å². The maximum Gasteiger partial charge on any atom is 0.252 e. The zero-order valence-electron chi connectivity index (χ0n) is 25.2. The summed E-state index contributed by atoms with van der Waals surface area (Å²) in [6.45, 7) is 2.09. The van der Waals surface area contributed by atoms with E-state index in [4.69, 9.17) is 19.4 Å². The normalized spacial score (nSPS) is 11.6. The lowest BCUT2D eigenvalue weighted by Gasteiger charge is -2.17. The third-order valence-corrected chi connectivity index (χ3v) is 7.64. The fourth-order valence-corrected chi connectivity index (χ4v) is 5.24. The number of rotatable bonds is 9. The van der Waals surface area contributed by atoms with Gasteiger partial charge in [-0.25, -0.2) is 9.97 Å². The average Bonchev–Trinajstić information content (AvgIpc) is 3.09. The molecular weight excluding hydrogens is 564 g/mol. The first-order valence-corrected chi connectivity index (χ1v) is 14.6. The average molecular weight is 597 g/mol. The van der Waals surface area contributed by atoms with Gasteiger partial charge < -0.3 is 20.1 Å². The predicted molar refractivity (Wildman–Crippen MR) is 177 cm³/mol. The van der Waals surface area contributed by atoms with Crippen LogP contribution in [0.25, 0.3) is 44.3 Å². The number of nitrogens with zero attached hydrogens (tertiary/aromatic N) is 2. The number of aromatic nitrogens is 2. The van der Waals surface area contributed by atoms with E-state index in [1.54, 1.807) is 26.4 Å². The molecule has 0 aliphatic carbocycles. The number of carbonyl (C=O) groups is 2. The van der Waals surface area contributed by atoms with Gasteiger partial charge in [0.25, 0.3) is 11.8 Å². The van der Waals surface area contributed by atoms with Crippen molar-refractivity contribution >= 4 is 33.6 Å². The van der Waals surface area contributed by atoms with Crippen molar-refractivity contribution in [2.45, 2.75) is 13.0 Å². The fourth-order valence-electron chi connectivity index (χ4n) is 5.24. The lowest BCUT2D eigenvalue weighted by atomic mass is 10.0. The molecule has 45 heavy (non-hydrogen) atoms. The minimum absolute atomic E-state index is 0.230. The third-order valence-electron chi connectivity index (χ3n) is 7.64. The van der Waals surface area contributed by atoms with Gasteiger partial charge in [0.2, 0.25) is 0 Å². The Morgan fingerprint density at radius 1 is 0.644 bits per heavy atom. The number of hydrogen-bond acceptors (Lipinski definition) is 6. The standard InChI is InChI=1S/C37H32N4O4/c1-23(39-37(43)31-21-35(25-14-18-27(45-3)19-15-25)41-33-11-7-5-9-29(31)33)22-38-36(42)30-20-34(24-12-16-26(44-2)17-13-24)40-32-10-6-4-8-28(30)32/h4-21,23H,22H2,1-3H3,(H,38,42)(H,39,43)/t23-/m0/s1. The molecule has 8 heteroatoms. The van der Waals surface area contributed by atoms with E-state index in [-0.39, 0.29) is 24.4 Å². The zero-order valence-corrected chi connectivity index (χ0v) is 25.2. The Morgan fingerprint density at radius 3 is 1.56 bits per heavy atom. The van der Waals surface area contributed by atoms with Crippen molar-refractivity contribution in [1.29, 1.82) is 0 Å². The largest absolute Gasteiger partial charge is 0.497 e. The monoisotopic (exact) mass is 596 g/mol. The van der Waals surface area contributed by atoms with Gasteiger partial charge in [0.1, 0.15) is 11.5 Å². The second-order valence-corrected chi connectivity index (χ2v) is 10.7. The molecule has 0 aliphatic rings. The third kappa shape index (κ3) is 6.31. The van der Waals surface area contributed by atoms with E-state index in [0.717, 1.165) is 38.9 Å². The number of carbonyl (C=O) groups excluding carboxylic acids is 2. The summed E-state index contributed by atoms with van der Waals surface area (Å²) in [5, 5.41) is 7.55. The van der Waals surface area contributed by atoms with E-state index in [1.165, 1.54) is 0 Å². The lowest BCUT2D eigenvalue weighted by molar-refractivity contribution is 0.0914. The van der Waals surface area contributed by atoms with Gasteiger partial charge in [0.05, 0.1) is 47.8 Å². The molecule has 0 bridgehead atoms. The highest BCUT2D eigenvalue weighted by Crippen LogP contribution is 2.28. The molecule has 6 aromatic rings. The van der Waals surface area contributed by atoms with Crippen LogP contribution < -0.4 is 20.1 Å². The quantitative estimate of drug-likeness (QED) is 0.193. The summed E-state index contributed by atoms with van der Waals surface area (Å²) in [4.78, 5) is 36.7. The Hall–Kier alpha value is -5.76. The Labute approximate surface area is 261 Å². The first-order valence-electron chi connectivity index (χ1n) is 14.6. The van der Waals surface area contributed by atoms with Crippen LogP contribution in [-0.2, 0) is 0 Å². The van der Waals surface area contributed by atoms with Gasteiger partial charge in [-0.05, 0) is 79.7 Å². The number of methoxy groups -OCH3 is 2. The molecule has 4 aromatic carbocycles. The fraction of sp³-hybridized carbons (Fsp3) is 0.135. The second-order valence-electron chi connectivity index (χ2n) is 10.7. The zero-order chi connectivity index (χ0) is 31.3. The van der Waals surface area contributed by atoms with Crippen LogP contribution in [0, 0.1) is 0 Å². The van der Waals surface area contributed by atoms with Crippen LogP contribution in [0.2, 0.25) is 0 Å². The van der Waals surface area contributed by atoms with Gasteiger partial charge >= 0.3 is 0 Å². The Kier molecular flexibility index (Phi) is 8.37. The molecule has 1 atom stereocenters. The van der Waals surface area contributed by atoms with E-state index >= 15 is 0 Å². The molecule has 0 spiro atoms. The topological polar surface area (TPSA) is 102 Å². The smallest absolute Gasteiger partial charge is 0.252 e. The molecule has 0 saturated heterocycles. The highest BCUT2D eigenvalue weighted by Gasteiger charge is 2.18. The van der Waals surface area contributed by atoms with Gasteiger partial charge in [0.15, 0.2) is 0 Å². The number of amides is 2. The van der Waals surface area contributed by atoms with Gasteiger partial charge in [0, 0.05) is 34.5 Å². The minimum atomic E-state index is -0.355.